The molecule has 3 rings (SSSR count). The average molecular weight is 456 g/mol. The number of nitrogens with one attached hydrogen (secondary N) is 1. The Morgan fingerprint density at radius 3 is 2.30 bits per heavy atom. The van der Waals surface area contributed by atoms with E-state index >= 15 is 0 Å². The molecule has 1 amide bonds. The summed E-state index contributed by atoms with van der Waals surface area (Å²) in [4.78, 5) is 11.9. The lowest BCUT2D eigenvalue weighted by Gasteiger charge is -2.37. The molecule has 30 heavy (non-hydrogen) atoms. The fourth-order valence-electron chi connectivity index (χ4n) is 3.17. The highest BCUT2D eigenvalue weighted by molar-refractivity contribution is 6.30. The number of amides is 1. The molecule has 2 saturated carbocycles. The zero-order valence-electron chi connectivity index (χ0n) is 15.9. The van der Waals surface area contributed by atoms with Gasteiger partial charge in [-0.05, 0) is 25.0 Å². The number of hydrogen-bond donors (Lipinski definition) is 1. The third-order valence-corrected chi connectivity index (χ3v) is 5.17. The Morgan fingerprint density at radius 2 is 1.70 bits per heavy atom. The van der Waals surface area contributed by atoms with Gasteiger partial charge in [0.25, 0.3) is 5.91 Å². The van der Waals surface area contributed by atoms with Crippen LogP contribution in [-0.2, 0) is 19.0 Å². The maximum Gasteiger partial charge on any atom is 0.522 e. The van der Waals surface area contributed by atoms with Gasteiger partial charge in [0.05, 0.1) is 36.5 Å². The van der Waals surface area contributed by atoms with Crippen LogP contribution < -0.4 is 10.1 Å². The first-order chi connectivity index (χ1) is 14.2. The number of rotatable bonds is 10. The molecule has 2 fully saturated rings. The fourth-order valence-corrected chi connectivity index (χ4v) is 3.29. The van der Waals surface area contributed by atoms with Crippen molar-refractivity contribution >= 4 is 17.5 Å². The molecule has 168 valence electrons. The zero-order valence-corrected chi connectivity index (χ0v) is 16.7. The summed E-state index contributed by atoms with van der Waals surface area (Å²) in [5.74, 6) is -0.730. The lowest BCUT2D eigenvalue weighted by Crippen LogP contribution is -2.49. The van der Waals surface area contributed by atoms with E-state index in [4.69, 9.17) is 25.8 Å². The van der Waals surface area contributed by atoms with E-state index < -0.39 is 18.3 Å². The van der Waals surface area contributed by atoms with Crippen molar-refractivity contribution in [3.05, 3.63) is 29.0 Å². The van der Waals surface area contributed by atoms with Gasteiger partial charge >= 0.3 is 6.36 Å². The summed E-state index contributed by atoms with van der Waals surface area (Å²) < 4.78 is 69.5. The van der Waals surface area contributed by atoms with Gasteiger partial charge in [0.2, 0.25) is 0 Å². The Labute approximate surface area is 175 Å². The minimum absolute atomic E-state index is 0.00659. The molecular weight excluding hydrogens is 434 g/mol. The first-order valence-corrected chi connectivity index (χ1v) is 9.90. The van der Waals surface area contributed by atoms with E-state index in [0.29, 0.717) is 26.1 Å². The highest BCUT2D eigenvalue weighted by Gasteiger charge is 2.40. The molecule has 0 bridgehead atoms. The van der Waals surface area contributed by atoms with Crippen LogP contribution in [0.15, 0.2) is 18.2 Å². The first-order valence-electron chi connectivity index (χ1n) is 9.53. The highest BCUT2D eigenvalue weighted by atomic mass is 35.5. The average Bonchev–Trinajstić information content (AvgIpc) is 2.60. The van der Waals surface area contributed by atoms with Gasteiger partial charge in [-0.25, -0.2) is 4.39 Å². The molecule has 0 aliphatic heterocycles. The van der Waals surface area contributed by atoms with E-state index in [1.807, 2.05) is 0 Å². The predicted octanol–water partition coefficient (Wildman–Crippen LogP) is 3.61. The van der Waals surface area contributed by atoms with Crippen LogP contribution in [0.1, 0.15) is 25.7 Å². The minimum Gasteiger partial charge on any atom is -0.484 e. The van der Waals surface area contributed by atoms with Crippen LogP contribution >= 0.6 is 11.6 Å². The summed E-state index contributed by atoms with van der Waals surface area (Å²) in [6, 6.07) is 3.90. The van der Waals surface area contributed by atoms with Crippen molar-refractivity contribution in [2.45, 2.75) is 56.4 Å². The van der Waals surface area contributed by atoms with Crippen molar-refractivity contribution in [3.8, 4) is 5.75 Å². The number of ether oxygens (including phenoxy) is 4. The highest BCUT2D eigenvalue weighted by Crippen LogP contribution is 2.32. The normalized spacial score (nSPS) is 25.9. The van der Waals surface area contributed by atoms with E-state index in [9.17, 15) is 22.4 Å². The van der Waals surface area contributed by atoms with Crippen molar-refractivity contribution in [3.63, 3.8) is 0 Å². The lowest BCUT2D eigenvalue weighted by molar-refractivity contribution is -0.357. The smallest absolute Gasteiger partial charge is 0.484 e. The van der Waals surface area contributed by atoms with Crippen molar-refractivity contribution in [2.24, 2.45) is 0 Å². The van der Waals surface area contributed by atoms with Crippen molar-refractivity contribution in [1.29, 1.82) is 0 Å². The van der Waals surface area contributed by atoms with Gasteiger partial charge in [-0.15, -0.1) is 13.2 Å². The topological polar surface area (TPSA) is 66.0 Å². The third kappa shape index (κ3) is 7.26. The second-order valence-corrected chi connectivity index (χ2v) is 7.65. The van der Waals surface area contributed by atoms with E-state index in [0.717, 1.165) is 6.07 Å². The molecule has 0 aromatic heterocycles. The Hall–Kier alpha value is -1.62. The maximum absolute atomic E-state index is 13.3. The van der Waals surface area contributed by atoms with Crippen molar-refractivity contribution in [1.82, 2.24) is 5.32 Å². The Morgan fingerprint density at radius 1 is 1.07 bits per heavy atom. The number of carbonyl (C=O) groups is 1. The maximum atomic E-state index is 13.3. The Balaban J connectivity index is 1.18. The molecule has 1 aromatic carbocycles. The van der Waals surface area contributed by atoms with Crippen LogP contribution in [0.4, 0.5) is 17.6 Å². The largest absolute Gasteiger partial charge is 0.522 e. The molecule has 11 heteroatoms. The van der Waals surface area contributed by atoms with Gasteiger partial charge in [0.1, 0.15) is 11.6 Å². The number of hydrogen-bond acceptors (Lipinski definition) is 5. The summed E-state index contributed by atoms with van der Waals surface area (Å²) in [6.45, 7) is 0.387. The monoisotopic (exact) mass is 455 g/mol. The number of halogens is 5. The van der Waals surface area contributed by atoms with Gasteiger partial charge < -0.3 is 19.5 Å². The number of alkyl halides is 3. The molecule has 0 radical (unpaired) electrons. The summed E-state index contributed by atoms with van der Waals surface area (Å²) in [5, 5.41) is 2.77. The summed E-state index contributed by atoms with van der Waals surface area (Å²) in [6.07, 6.45) is -3.93. The molecule has 0 spiro atoms. The van der Waals surface area contributed by atoms with Crippen LogP contribution in [0, 0.1) is 5.82 Å². The second kappa shape index (κ2) is 10.1. The lowest BCUT2D eigenvalue weighted by atomic mass is 9.89. The summed E-state index contributed by atoms with van der Waals surface area (Å²) in [5.41, 5.74) is 0. The van der Waals surface area contributed by atoms with Crippen LogP contribution in [0.25, 0.3) is 0 Å². The summed E-state index contributed by atoms with van der Waals surface area (Å²) in [7, 11) is 0. The van der Waals surface area contributed by atoms with E-state index in [-0.39, 0.29) is 54.4 Å². The van der Waals surface area contributed by atoms with Gasteiger partial charge in [-0.1, -0.05) is 11.6 Å². The Kier molecular flexibility index (Phi) is 7.78. The van der Waals surface area contributed by atoms with Crippen molar-refractivity contribution in [2.75, 3.05) is 19.8 Å². The summed E-state index contributed by atoms with van der Waals surface area (Å²) >= 11 is 5.58. The van der Waals surface area contributed by atoms with E-state index in [1.54, 1.807) is 0 Å². The van der Waals surface area contributed by atoms with Crippen molar-refractivity contribution < 1.29 is 41.3 Å². The molecule has 6 nitrogen and oxygen atoms in total. The molecular formula is C19H22ClF4NO5. The van der Waals surface area contributed by atoms with Gasteiger partial charge in [-0.2, -0.15) is 0 Å². The molecule has 0 saturated heterocycles. The zero-order chi connectivity index (χ0) is 21.7. The standard InChI is InChI=1S/C19H22ClF4NO5/c20-16-2-1-12(9-17(16)21)29-10-18(26)25-11-5-13(6-11)27-3-4-28-14-7-15(8-14)30-19(22,23)24/h1-2,9,11,13-15H,3-8,10H2,(H,25,26)/t11?,13?,14-,15+. The van der Waals surface area contributed by atoms with Gasteiger partial charge in [0, 0.05) is 24.9 Å². The van der Waals surface area contributed by atoms with Gasteiger partial charge in [-0.3, -0.25) is 9.53 Å². The SMILES string of the molecule is O=C(COc1ccc(Cl)c(F)c1)NC1CC(OCCO[C@H]2C[C@@H](OC(F)(F)F)C2)C1. The van der Waals surface area contributed by atoms with E-state index in [2.05, 4.69) is 10.1 Å². The number of benzene rings is 1. The molecule has 0 heterocycles. The van der Waals surface area contributed by atoms with Crippen LogP contribution in [0.2, 0.25) is 5.02 Å². The van der Waals surface area contributed by atoms with E-state index in [1.165, 1.54) is 12.1 Å². The second-order valence-electron chi connectivity index (χ2n) is 7.24. The fraction of sp³-hybridized carbons (Fsp3) is 0.632. The molecule has 1 N–H and O–H groups in total. The van der Waals surface area contributed by atoms with Gasteiger partial charge in [0.15, 0.2) is 6.61 Å². The number of carbonyl (C=O) groups excluding carboxylic acids is 1. The first kappa shape index (κ1) is 23.1. The minimum atomic E-state index is -4.60. The molecule has 0 atom stereocenters. The van der Waals surface area contributed by atoms with Crippen LogP contribution in [-0.4, -0.2) is 56.4 Å². The quantitative estimate of drug-likeness (QED) is 0.431. The van der Waals surface area contributed by atoms with Crippen LogP contribution in [0.5, 0.6) is 5.75 Å². The predicted molar refractivity (Wildman–Crippen MR) is 97.7 cm³/mol. The van der Waals surface area contributed by atoms with Crippen LogP contribution in [0.3, 0.4) is 0 Å². The molecule has 0 unspecified atom stereocenters. The molecule has 1 aromatic rings. The molecule has 2 aliphatic rings. The Bertz CT molecular complexity index is 723. The third-order valence-electron chi connectivity index (χ3n) is 4.86. The molecule has 2 aliphatic carbocycles.